The van der Waals surface area contributed by atoms with Crippen molar-refractivity contribution >= 4 is 22.2 Å². The Hall–Kier alpha value is -3.00. The first-order chi connectivity index (χ1) is 12.6. The van der Waals surface area contributed by atoms with Crippen LogP contribution >= 0.6 is 11.3 Å². The molecule has 1 N–H and O–H groups in total. The molecule has 0 fully saturated rings. The number of carbonyl (C=O) groups is 1. The summed E-state index contributed by atoms with van der Waals surface area (Å²) < 4.78 is 18.0. The lowest BCUT2D eigenvalue weighted by Crippen LogP contribution is -2.32. The topological polar surface area (TPSA) is 64.2 Å². The van der Waals surface area contributed by atoms with E-state index in [1.54, 1.807) is 35.2 Å². The Kier molecular flexibility index (Phi) is 4.26. The maximum absolute atomic E-state index is 14.3. The zero-order valence-corrected chi connectivity index (χ0v) is 14.8. The van der Waals surface area contributed by atoms with Crippen LogP contribution in [0.4, 0.5) is 4.39 Å². The van der Waals surface area contributed by atoms with Crippen LogP contribution in [0, 0.1) is 5.82 Å². The van der Waals surface area contributed by atoms with E-state index in [9.17, 15) is 9.18 Å². The summed E-state index contributed by atoms with van der Waals surface area (Å²) in [6, 6.07) is 5.72. The molecule has 0 aliphatic rings. The Morgan fingerprint density at radius 3 is 2.92 bits per heavy atom. The number of imidazole rings is 2. The zero-order valence-electron chi connectivity index (χ0n) is 14.0. The maximum Gasteiger partial charge on any atom is 0.226 e. The van der Waals surface area contributed by atoms with Gasteiger partial charge >= 0.3 is 0 Å². The molecule has 4 rings (SSSR count). The molecule has 4 aromatic rings. The van der Waals surface area contributed by atoms with Crippen molar-refractivity contribution in [3.05, 3.63) is 77.3 Å². The van der Waals surface area contributed by atoms with Crippen LogP contribution in [-0.2, 0) is 18.3 Å². The molecule has 132 valence electrons. The van der Waals surface area contributed by atoms with Crippen molar-refractivity contribution in [1.82, 2.24) is 24.3 Å². The lowest BCUT2D eigenvalue weighted by molar-refractivity contribution is -0.121. The van der Waals surface area contributed by atoms with Gasteiger partial charge in [0.1, 0.15) is 17.7 Å². The van der Waals surface area contributed by atoms with E-state index in [2.05, 4.69) is 15.3 Å². The van der Waals surface area contributed by atoms with Crippen LogP contribution in [0.3, 0.4) is 0 Å². The fraction of sp³-hybridized carbons (Fsp3) is 0.167. The van der Waals surface area contributed by atoms with E-state index in [1.807, 2.05) is 29.2 Å². The Balaban J connectivity index is 1.60. The highest BCUT2D eigenvalue weighted by molar-refractivity contribution is 7.15. The van der Waals surface area contributed by atoms with Gasteiger partial charge in [-0.1, -0.05) is 18.2 Å². The Labute approximate surface area is 152 Å². The van der Waals surface area contributed by atoms with E-state index in [0.717, 1.165) is 4.96 Å². The molecular weight excluding hydrogens is 353 g/mol. The molecule has 8 heteroatoms. The normalized spacial score (nSPS) is 12.4. The first-order valence-corrected chi connectivity index (χ1v) is 8.92. The van der Waals surface area contributed by atoms with Gasteiger partial charge in [-0.05, 0) is 6.07 Å². The number of nitrogens with zero attached hydrogens (tertiary/aromatic N) is 4. The van der Waals surface area contributed by atoms with Crippen molar-refractivity contribution in [2.24, 2.45) is 7.05 Å². The van der Waals surface area contributed by atoms with Crippen LogP contribution in [0.1, 0.15) is 23.1 Å². The molecule has 0 spiro atoms. The number of aryl methyl sites for hydroxylation is 1. The second-order valence-electron chi connectivity index (χ2n) is 5.92. The Bertz CT molecular complexity index is 1040. The molecule has 0 bridgehead atoms. The van der Waals surface area contributed by atoms with Gasteiger partial charge in [0.2, 0.25) is 5.91 Å². The largest absolute Gasteiger partial charge is 0.342 e. The molecule has 26 heavy (non-hydrogen) atoms. The predicted molar refractivity (Wildman–Crippen MR) is 96.4 cm³/mol. The van der Waals surface area contributed by atoms with Crippen LogP contribution in [0.5, 0.6) is 0 Å². The number of hydrogen-bond donors (Lipinski definition) is 1. The molecule has 1 aromatic carbocycles. The molecule has 0 aliphatic carbocycles. The molecule has 6 nitrogen and oxygen atoms in total. The van der Waals surface area contributed by atoms with Gasteiger partial charge in [-0.2, -0.15) is 0 Å². The van der Waals surface area contributed by atoms with Gasteiger partial charge in [0.15, 0.2) is 4.96 Å². The van der Waals surface area contributed by atoms with Crippen molar-refractivity contribution in [2.45, 2.75) is 12.5 Å². The van der Waals surface area contributed by atoms with Gasteiger partial charge in [0, 0.05) is 42.8 Å². The van der Waals surface area contributed by atoms with E-state index >= 15 is 0 Å². The van der Waals surface area contributed by atoms with Gasteiger partial charge < -0.3 is 9.88 Å². The highest BCUT2D eigenvalue weighted by atomic mass is 32.1. The number of fused-ring (bicyclic) bond motifs is 1. The second-order valence-corrected chi connectivity index (χ2v) is 6.79. The minimum Gasteiger partial charge on any atom is -0.342 e. The number of amides is 1. The molecular formula is C18H16FN5OS. The lowest BCUT2D eigenvalue weighted by Gasteiger charge is -2.19. The zero-order chi connectivity index (χ0) is 18.1. The van der Waals surface area contributed by atoms with Gasteiger partial charge in [-0.25, -0.2) is 14.4 Å². The van der Waals surface area contributed by atoms with E-state index in [1.165, 1.54) is 17.4 Å². The van der Waals surface area contributed by atoms with E-state index in [4.69, 9.17) is 0 Å². The van der Waals surface area contributed by atoms with Crippen LogP contribution in [-0.4, -0.2) is 24.8 Å². The number of halogens is 1. The average Bonchev–Trinajstić information content (AvgIpc) is 3.30. The summed E-state index contributed by atoms with van der Waals surface area (Å²) in [6.07, 6.45) is 7.22. The number of carbonyl (C=O) groups excluding carboxylic acids is 1. The summed E-state index contributed by atoms with van der Waals surface area (Å²) in [5, 5.41) is 4.83. The summed E-state index contributed by atoms with van der Waals surface area (Å²) in [5.74, 6) is -0.0652. The summed E-state index contributed by atoms with van der Waals surface area (Å²) in [7, 11) is 1.81. The molecule has 0 radical (unpaired) electrons. The smallest absolute Gasteiger partial charge is 0.226 e. The number of nitrogens with one attached hydrogen (secondary N) is 1. The first-order valence-electron chi connectivity index (χ1n) is 8.04. The van der Waals surface area contributed by atoms with Gasteiger partial charge in [0.25, 0.3) is 0 Å². The van der Waals surface area contributed by atoms with Crippen molar-refractivity contribution in [1.29, 1.82) is 0 Å². The van der Waals surface area contributed by atoms with Crippen LogP contribution in [0.15, 0.2) is 54.4 Å². The molecule has 3 heterocycles. The molecule has 0 unspecified atom stereocenters. The van der Waals surface area contributed by atoms with Crippen LogP contribution in [0.2, 0.25) is 0 Å². The van der Waals surface area contributed by atoms with E-state index < -0.39 is 6.04 Å². The summed E-state index contributed by atoms with van der Waals surface area (Å²) in [5.41, 5.74) is 1.04. The van der Waals surface area contributed by atoms with Gasteiger partial charge in [0.05, 0.1) is 12.1 Å². The maximum atomic E-state index is 14.3. The third-order valence-electron chi connectivity index (χ3n) is 4.12. The standard InChI is InChI=1S/C18H16FN5OS/c1-23-7-6-20-17(23)16(13-4-2-3-5-14(13)19)22-15(25)10-12-11-24-8-9-26-18(24)21-12/h2-9,11,16H,10H2,1H3,(H,22,25)/t16-/m0/s1. The molecule has 0 aliphatic heterocycles. The Morgan fingerprint density at radius 2 is 2.19 bits per heavy atom. The number of benzene rings is 1. The predicted octanol–water partition coefficient (Wildman–Crippen LogP) is 2.72. The molecule has 1 amide bonds. The van der Waals surface area contributed by atoms with E-state index in [0.29, 0.717) is 17.1 Å². The highest BCUT2D eigenvalue weighted by Gasteiger charge is 2.23. The molecule has 0 saturated carbocycles. The Morgan fingerprint density at radius 1 is 1.35 bits per heavy atom. The minimum absolute atomic E-state index is 0.115. The van der Waals surface area contributed by atoms with Crippen LogP contribution < -0.4 is 5.32 Å². The number of hydrogen-bond acceptors (Lipinski definition) is 4. The minimum atomic E-state index is -0.674. The number of rotatable bonds is 5. The number of thiazole rings is 1. The third kappa shape index (κ3) is 3.11. The fourth-order valence-electron chi connectivity index (χ4n) is 2.88. The molecule has 0 saturated heterocycles. The first kappa shape index (κ1) is 16.5. The summed E-state index contributed by atoms with van der Waals surface area (Å²) >= 11 is 1.51. The van der Waals surface area contributed by atoms with Crippen molar-refractivity contribution in [3.63, 3.8) is 0 Å². The van der Waals surface area contributed by atoms with E-state index in [-0.39, 0.29) is 18.1 Å². The monoisotopic (exact) mass is 369 g/mol. The van der Waals surface area contributed by atoms with Crippen molar-refractivity contribution in [3.8, 4) is 0 Å². The highest BCUT2D eigenvalue weighted by Crippen LogP contribution is 2.23. The van der Waals surface area contributed by atoms with Crippen molar-refractivity contribution < 1.29 is 9.18 Å². The fourth-order valence-corrected chi connectivity index (χ4v) is 3.60. The van der Waals surface area contributed by atoms with Crippen LogP contribution in [0.25, 0.3) is 4.96 Å². The third-order valence-corrected chi connectivity index (χ3v) is 4.89. The van der Waals surface area contributed by atoms with Gasteiger partial charge in [-0.3, -0.25) is 9.20 Å². The quantitative estimate of drug-likeness (QED) is 0.588. The second kappa shape index (κ2) is 6.72. The lowest BCUT2D eigenvalue weighted by atomic mass is 10.0. The van der Waals surface area contributed by atoms with Gasteiger partial charge in [-0.15, -0.1) is 11.3 Å². The molecule has 1 atom stereocenters. The number of aromatic nitrogens is 4. The van der Waals surface area contributed by atoms with Crippen molar-refractivity contribution in [2.75, 3.05) is 0 Å². The summed E-state index contributed by atoms with van der Waals surface area (Å²) in [6.45, 7) is 0. The average molecular weight is 369 g/mol. The molecule has 3 aromatic heterocycles. The SMILES string of the molecule is Cn1ccnc1[C@@H](NC(=O)Cc1cn2ccsc2n1)c1ccccc1F. The summed E-state index contributed by atoms with van der Waals surface area (Å²) in [4.78, 5) is 22.1.